The van der Waals surface area contributed by atoms with E-state index in [1.54, 1.807) is 36.6 Å². The highest BCUT2D eigenvalue weighted by Gasteiger charge is 2.13. The molecule has 0 radical (unpaired) electrons. The molecule has 0 spiro atoms. The Hall–Kier alpha value is -4.83. The lowest BCUT2D eigenvalue weighted by atomic mass is 10.1. The van der Waals surface area contributed by atoms with Crippen molar-refractivity contribution >= 4 is 17.3 Å². The quantitative estimate of drug-likeness (QED) is 0.344. The van der Waals surface area contributed by atoms with Crippen LogP contribution in [-0.4, -0.2) is 63.1 Å². The molecule has 0 bridgehead atoms. The summed E-state index contributed by atoms with van der Waals surface area (Å²) < 4.78 is 12.3. The second-order valence-electron chi connectivity index (χ2n) is 8.69. The van der Waals surface area contributed by atoms with Gasteiger partial charge in [-0.1, -0.05) is 12.1 Å². The van der Waals surface area contributed by atoms with Crippen LogP contribution >= 0.6 is 0 Å². The maximum atomic E-state index is 5.48. The normalized spacial score (nSPS) is 13.3. The van der Waals surface area contributed by atoms with Gasteiger partial charge >= 0.3 is 0 Å². The van der Waals surface area contributed by atoms with Crippen molar-refractivity contribution in [3.8, 4) is 34.2 Å². The molecule has 2 aromatic carbocycles. The van der Waals surface area contributed by atoms with Gasteiger partial charge in [-0.05, 0) is 48.5 Å². The summed E-state index contributed by atoms with van der Waals surface area (Å²) in [6, 6.07) is 21.9. The highest BCUT2D eigenvalue weighted by molar-refractivity contribution is 5.67. The molecule has 1 aliphatic rings. The summed E-state index contributed by atoms with van der Waals surface area (Å²) in [5.74, 6) is 1.67. The number of hydrogen-bond acceptors (Lipinski definition) is 9. The van der Waals surface area contributed by atoms with Gasteiger partial charge in [0.25, 0.3) is 0 Å². The molecular formula is C28H26N8O2. The molecule has 10 nitrogen and oxygen atoms in total. The van der Waals surface area contributed by atoms with Crippen molar-refractivity contribution < 1.29 is 9.47 Å². The SMILES string of the molecule is COc1ccc(-c2ncn(-c3ccc(Nc4nccc(-c5cccc(N6CCOCC6)c5)n4)cc3)n2)cn1. The number of aromatic nitrogens is 6. The Balaban J connectivity index is 1.15. The van der Waals surface area contributed by atoms with Crippen LogP contribution in [-0.2, 0) is 4.74 Å². The summed E-state index contributed by atoms with van der Waals surface area (Å²) in [4.78, 5) is 20.1. The van der Waals surface area contributed by atoms with Crippen molar-refractivity contribution in [2.45, 2.75) is 0 Å². The molecule has 38 heavy (non-hydrogen) atoms. The molecule has 1 aliphatic heterocycles. The van der Waals surface area contributed by atoms with Gasteiger partial charge < -0.3 is 19.7 Å². The summed E-state index contributed by atoms with van der Waals surface area (Å²) in [5.41, 5.74) is 5.64. The minimum Gasteiger partial charge on any atom is -0.481 e. The smallest absolute Gasteiger partial charge is 0.227 e. The van der Waals surface area contributed by atoms with Crippen LogP contribution in [0.25, 0.3) is 28.3 Å². The molecule has 5 aromatic rings. The number of methoxy groups -OCH3 is 1. The highest BCUT2D eigenvalue weighted by atomic mass is 16.5. The Morgan fingerprint density at radius 2 is 1.74 bits per heavy atom. The molecular weight excluding hydrogens is 480 g/mol. The molecule has 0 saturated carbocycles. The number of anilines is 3. The zero-order valence-corrected chi connectivity index (χ0v) is 20.9. The zero-order valence-electron chi connectivity index (χ0n) is 20.9. The second-order valence-corrected chi connectivity index (χ2v) is 8.69. The molecule has 1 saturated heterocycles. The van der Waals surface area contributed by atoms with Gasteiger partial charge in [0.15, 0.2) is 5.82 Å². The predicted molar refractivity (Wildman–Crippen MR) is 145 cm³/mol. The van der Waals surface area contributed by atoms with Gasteiger partial charge in [0.05, 0.1) is 31.7 Å². The summed E-state index contributed by atoms with van der Waals surface area (Å²) in [6.07, 6.45) is 5.14. The molecule has 10 heteroatoms. The van der Waals surface area contributed by atoms with E-state index < -0.39 is 0 Å². The maximum Gasteiger partial charge on any atom is 0.227 e. The van der Waals surface area contributed by atoms with Gasteiger partial charge in [-0.3, -0.25) is 0 Å². The maximum absolute atomic E-state index is 5.48. The first-order valence-electron chi connectivity index (χ1n) is 12.3. The molecule has 3 aromatic heterocycles. The number of rotatable bonds is 7. The van der Waals surface area contributed by atoms with E-state index in [1.165, 1.54) is 5.69 Å². The van der Waals surface area contributed by atoms with E-state index in [-0.39, 0.29) is 0 Å². The van der Waals surface area contributed by atoms with Gasteiger partial charge in [-0.2, -0.15) is 0 Å². The number of hydrogen-bond donors (Lipinski definition) is 1. The van der Waals surface area contributed by atoms with E-state index in [0.29, 0.717) is 17.7 Å². The highest BCUT2D eigenvalue weighted by Crippen LogP contribution is 2.25. The number of nitrogens with one attached hydrogen (secondary N) is 1. The monoisotopic (exact) mass is 506 g/mol. The first kappa shape index (κ1) is 23.6. The van der Waals surface area contributed by atoms with E-state index in [1.807, 2.05) is 36.4 Å². The number of nitrogens with zero attached hydrogens (tertiary/aromatic N) is 7. The molecule has 1 fully saturated rings. The second kappa shape index (κ2) is 10.7. The van der Waals surface area contributed by atoms with Gasteiger partial charge in [0.1, 0.15) is 6.33 Å². The van der Waals surface area contributed by atoms with Crippen LogP contribution < -0.4 is 15.0 Å². The lowest BCUT2D eigenvalue weighted by Crippen LogP contribution is -2.36. The fourth-order valence-electron chi connectivity index (χ4n) is 4.24. The van der Waals surface area contributed by atoms with E-state index in [4.69, 9.17) is 14.5 Å². The fourth-order valence-corrected chi connectivity index (χ4v) is 4.24. The number of benzene rings is 2. The van der Waals surface area contributed by atoms with Gasteiger partial charge in [-0.25, -0.2) is 24.6 Å². The van der Waals surface area contributed by atoms with Crippen molar-refractivity contribution in [2.75, 3.05) is 43.6 Å². The van der Waals surface area contributed by atoms with Crippen molar-refractivity contribution in [3.05, 3.63) is 85.5 Å². The van der Waals surface area contributed by atoms with Crippen LogP contribution in [0.1, 0.15) is 0 Å². The van der Waals surface area contributed by atoms with Gasteiger partial charge in [0.2, 0.25) is 11.8 Å². The first-order chi connectivity index (χ1) is 18.7. The average Bonchev–Trinajstić information content (AvgIpc) is 3.49. The molecule has 190 valence electrons. The van der Waals surface area contributed by atoms with Gasteiger partial charge in [-0.15, -0.1) is 5.10 Å². The zero-order chi connectivity index (χ0) is 25.7. The standard InChI is InChI=1S/C28H26N8O2/c1-37-26-10-5-21(18-30-26)27-31-19-36(34-27)23-8-6-22(7-9-23)32-28-29-12-11-25(33-28)20-3-2-4-24(17-20)35-13-15-38-16-14-35/h2-12,17-19H,13-16H2,1H3,(H,29,32,33). The van der Waals surface area contributed by atoms with E-state index in [2.05, 4.69) is 54.5 Å². The topological polar surface area (TPSA) is 103 Å². The molecule has 0 amide bonds. The van der Waals surface area contributed by atoms with Crippen LogP contribution in [0.4, 0.5) is 17.3 Å². The number of ether oxygens (including phenoxy) is 2. The van der Waals surface area contributed by atoms with E-state index in [9.17, 15) is 0 Å². The summed E-state index contributed by atoms with van der Waals surface area (Å²) >= 11 is 0. The van der Waals surface area contributed by atoms with Crippen molar-refractivity contribution in [2.24, 2.45) is 0 Å². The van der Waals surface area contributed by atoms with Crippen LogP contribution in [0.3, 0.4) is 0 Å². The van der Waals surface area contributed by atoms with Crippen LogP contribution in [0, 0.1) is 0 Å². The van der Waals surface area contributed by atoms with E-state index in [0.717, 1.165) is 54.5 Å². The third kappa shape index (κ3) is 5.16. The molecule has 0 unspecified atom stereocenters. The minimum atomic E-state index is 0.530. The third-order valence-corrected chi connectivity index (χ3v) is 6.26. The molecule has 1 N–H and O–H groups in total. The summed E-state index contributed by atoms with van der Waals surface area (Å²) in [5, 5.41) is 7.87. The molecule has 0 atom stereocenters. The Morgan fingerprint density at radius 1 is 0.868 bits per heavy atom. The van der Waals surface area contributed by atoms with Crippen LogP contribution in [0.5, 0.6) is 5.88 Å². The fraction of sp³-hybridized carbons (Fsp3) is 0.179. The Morgan fingerprint density at radius 3 is 2.53 bits per heavy atom. The Bertz CT molecular complexity index is 1510. The van der Waals surface area contributed by atoms with E-state index >= 15 is 0 Å². The van der Waals surface area contributed by atoms with Crippen molar-refractivity contribution in [1.82, 2.24) is 29.7 Å². The molecule has 0 aliphatic carbocycles. The number of morpholine rings is 1. The molecule has 6 rings (SSSR count). The minimum absolute atomic E-state index is 0.530. The third-order valence-electron chi connectivity index (χ3n) is 6.26. The van der Waals surface area contributed by atoms with Crippen LogP contribution in [0.2, 0.25) is 0 Å². The lowest BCUT2D eigenvalue weighted by Gasteiger charge is -2.29. The van der Waals surface area contributed by atoms with Crippen molar-refractivity contribution in [3.63, 3.8) is 0 Å². The predicted octanol–water partition coefficient (Wildman–Crippen LogP) is 4.38. The summed E-state index contributed by atoms with van der Waals surface area (Å²) in [6.45, 7) is 3.29. The average molecular weight is 507 g/mol. The number of pyridine rings is 1. The lowest BCUT2D eigenvalue weighted by molar-refractivity contribution is 0.122. The van der Waals surface area contributed by atoms with Gasteiger partial charge in [0, 0.05) is 54.1 Å². The first-order valence-corrected chi connectivity index (χ1v) is 12.3. The van der Waals surface area contributed by atoms with Crippen molar-refractivity contribution in [1.29, 1.82) is 0 Å². The molecule has 4 heterocycles. The largest absolute Gasteiger partial charge is 0.481 e. The Kier molecular flexibility index (Phi) is 6.60. The Labute approximate surface area is 220 Å². The van der Waals surface area contributed by atoms with Crippen LogP contribution in [0.15, 0.2) is 85.5 Å². The summed E-state index contributed by atoms with van der Waals surface area (Å²) in [7, 11) is 1.59.